The first-order valence-electron chi connectivity index (χ1n) is 9.48. The number of hydrogen-bond donors (Lipinski definition) is 9. The van der Waals surface area contributed by atoms with E-state index in [4.69, 9.17) is 49.1 Å². The zero-order valence-electron chi connectivity index (χ0n) is 17.6. The molecular formula is C17H36N6O8. The lowest BCUT2D eigenvalue weighted by molar-refractivity contribution is -0.141. The second kappa shape index (κ2) is 20.3. The van der Waals surface area contributed by atoms with E-state index in [9.17, 15) is 19.2 Å². The highest BCUT2D eigenvalue weighted by Crippen LogP contribution is 1.97. The Morgan fingerprint density at radius 3 is 1.45 bits per heavy atom. The Balaban J connectivity index is -0.000000384. The minimum atomic E-state index is -1.17. The molecule has 0 bridgehead atoms. The molecule has 0 aromatic heterocycles. The van der Waals surface area contributed by atoms with Gasteiger partial charge in [-0.15, -0.1) is 0 Å². The number of unbranched alkanes of at least 4 members (excludes halogenated alkanes) is 1. The van der Waals surface area contributed by atoms with Crippen LogP contribution in [0.25, 0.3) is 0 Å². The number of aliphatic imine (C=N–C) groups is 1. The highest BCUT2D eigenvalue weighted by molar-refractivity contribution is 5.76. The molecule has 182 valence electrons. The molecule has 3 atom stereocenters. The Kier molecular flexibility index (Phi) is 21.4. The molecule has 1 unspecified atom stereocenters. The molecule has 14 N–H and O–H groups in total. The number of guanidine groups is 1. The molecule has 0 amide bonds. The Bertz CT molecular complexity index is 569. The van der Waals surface area contributed by atoms with Crippen molar-refractivity contribution in [3.8, 4) is 0 Å². The molecular weight excluding hydrogens is 416 g/mol. The topological polar surface area (TPSA) is 292 Å². The molecule has 0 aliphatic heterocycles. The van der Waals surface area contributed by atoms with Crippen LogP contribution >= 0.6 is 0 Å². The molecule has 0 aromatic carbocycles. The summed E-state index contributed by atoms with van der Waals surface area (Å²) < 4.78 is 0. The van der Waals surface area contributed by atoms with Gasteiger partial charge in [0.15, 0.2) is 5.96 Å². The van der Waals surface area contributed by atoms with Crippen LogP contribution in [0, 0.1) is 0 Å². The van der Waals surface area contributed by atoms with Crippen molar-refractivity contribution in [3.63, 3.8) is 0 Å². The van der Waals surface area contributed by atoms with Gasteiger partial charge in [0.05, 0.1) is 0 Å². The van der Waals surface area contributed by atoms with Gasteiger partial charge in [0.2, 0.25) is 0 Å². The summed E-state index contributed by atoms with van der Waals surface area (Å²) in [4.78, 5) is 43.8. The van der Waals surface area contributed by atoms with Crippen molar-refractivity contribution in [1.82, 2.24) is 0 Å². The van der Waals surface area contributed by atoms with Gasteiger partial charge in [-0.2, -0.15) is 0 Å². The average molecular weight is 453 g/mol. The van der Waals surface area contributed by atoms with Crippen LogP contribution in [0.4, 0.5) is 0 Å². The maximum Gasteiger partial charge on any atom is 0.320 e. The number of nitrogens with zero attached hydrogens (tertiary/aromatic N) is 1. The van der Waals surface area contributed by atoms with Crippen LogP contribution in [0.3, 0.4) is 0 Å². The van der Waals surface area contributed by atoms with Crippen LogP contribution in [0.2, 0.25) is 0 Å². The van der Waals surface area contributed by atoms with E-state index in [1.807, 2.05) is 6.92 Å². The summed E-state index contributed by atoms with van der Waals surface area (Å²) in [5.41, 5.74) is 25.5. The molecule has 0 spiro atoms. The Morgan fingerprint density at radius 2 is 1.13 bits per heavy atom. The van der Waals surface area contributed by atoms with Crippen LogP contribution < -0.4 is 28.7 Å². The van der Waals surface area contributed by atoms with Crippen LogP contribution in [0.5, 0.6) is 0 Å². The number of hydrogen-bond acceptors (Lipinski definition) is 8. The van der Waals surface area contributed by atoms with Gasteiger partial charge in [-0.25, -0.2) is 0 Å². The van der Waals surface area contributed by atoms with E-state index in [-0.39, 0.29) is 18.8 Å². The van der Waals surface area contributed by atoms with Crippen molar-refractivity contribution < 1.29 is 39.6 Å². The number of nitrogens with two attached hydrogens (primary N) is 5. The van der Waals surface area contributed by atoms with Crippen molar-refractivity contribution in [2.75, 3.05) is 6.54 Å². The van der Waals surface area contributed by atoms with Gasteiger partial charge >= 0.3 is 23.9 Å². The van der Waals surface area contributed by atoms with E-state index in [0.29, 0.717) is 25.8 Å². The second-order valence-electron chi connectivity index (χ2n) is 6.36. The van der Waals surface area contributed by atoms with E-state index in [1.165, 1.54) is 0 Å². The fraction of sp³-hybridized carbons (Fsp3) is 0.706. The van der Waals surface area contributed by atoms with Crippen molar-refractivity contribution in [2.24, 2.45) is 33.7 Å². The number of carboxylic acid groups (broad SMARTS) is 4. The fourth-order valence-corrected chi connectivity index (χ4v) is 1.59. The molecule has 0 aliphatic rings. The summed E-state index contributed by atoms with van der Waals surface area (Å²) in [5, 5.41) is 32.9. The van der Waals surface area contributed by atoms with Crippen molar-refractivity contribution >= 4 is 29.8 Å². The van der Waals surface area contributed by atoms with Gasteiger partial charge in [-0.1, -0.05) is 19.8 Å². The predicted octanol–water partition coefficient (Wildman–Crippen LogP) is -1.70. The van der Waals surface area contributed by atoms with Crippen LogP contribution in [0.15, 0.2) is 4.99 Å². The molecule has 0 rings (SSSR count). The average Bonchev–Trinajstić information content (AvgIpc) is 2.67. The van der Waals surface area contributed by atoms with E-state index in [2.05, 4.69) is 4.99 Å². The molecule has 14 heteroatoms. The smallest absolute Gasteiger partial charge is 0.320 e. The summed E-state index contributed by atoms with van der Waals surface area (Å²) >= 11 is 0. The predicted molar refractivity (Wildman–Crippen MR) is 113 cm³/mol. The van der Waals surface area contributed by atoms with Crippen LogP contribution in [0.1, 0.15) is 51.9 Å². The first-order valence-corrected chi connectivity index (χ1v) is 9.48. The van der Waals surface area contributed by atoms with Crippen molar-refractivity contribution in [1.29, 1.82) is 0 Å². The summed E-state index contributed by atoms with van der Waals surface area (Å²) in [7, 11) is 0. The van der Waals surface area contributed by atoms with Gasteiger partial charge in [-0.3, -0.25) is 24.2 Å². The molecule has 0 saturated heterocycles. The highest BCUT2D eigenvalue weighted by Gasteiger charge is 2.12. The third kappa shape index (κ3) is 27.0. The van der Waals surface area contributed by atoms with Crippen molar-refractivity contribution in [3.05, 3.63) is 0 Å². The number of rotatable bonds is 13. The Labute approximate surface area is 180 Å². The van der Waals surface area contributed by atoms with Crippen molar-refractivity contribution in [2.45, 2.75) is 70.0 Å². The second-order valence-corrected chi connectivity index (χ2v) is 6.36. The zero-order chi connectivity index (χ0) is 25.0. The molecule has 0 heterocycles. The number of carboxylic acids is 4. The minimum absolute atomic E-state index is 0.0129. The lowest BCUT2D eigenvalue weighted by Gasteiger charge is -2.03. The molecule has 0 fully saturated rings. The number of aliphatic carboxylic acids is 4. The first-order chi connectivity index (χ1) is 14.3. The molecule has 31 heavy (non-hydrogen) atoms. The minimum Gasteiger partial charge on any atom is -0.481 e. The first kappa shape index (κ1) is 32.7. The molecule has 14 nitrogen and oxygen atoms in total. The standard InChI is InChI=1S/C6H14N4O2.C6H13NO2.C5H9NO4/c7-4(5(11)12)2-1-3-10-6(8)9;1-2-3-4-5(7)6(8)9;6-3(5(9)10)1-2-4(7)8/h4H,1-3,7H2,(H,11,12)(H4,8,9,10);5H,2-4,7H2,1H3,(H,8,9);3H,1-2,6H2,(H,7,8)(H,9,10)/t4-;;3-/m1.1/s1. The summed E-state index contributed by atoms with van der Waals surface area (Å²) in [6.45, 7) is 2.43. The van der Waals surface area contributed by atoms with Crippen LogP contribution in [-0.4, -0.2) is 74.9 Å². The Hall–Kier alpha value is -2.97. The summed E-state index contributed by atoms with van der Waals surface area (Å²) in [6, 6.07) is -2.54. The van der Waals surface area contributed by atoms with Gasteiger partial charge < -0.3 is 49.1 Å². The number of carbonyl (C=O) groups is 4. The summed E-state index contributed by atoms with van der Waals surface area (Å²) in [5.74, 6) is -4.08. The largest absolute Gasteiger partial charge is 0.481 e. The van der Waals surface area contributed by atoms with E-state index >= 15 is 0 Å². The molecule has 0 saturated carbocycles. The third-order valence-electron chi connectivity index (χ3n) is 3.46. The SMILES string of the molecule is CCCCC(N)C(=O)O.NC(N)=NCCC[C@@H](N)C(=O)O.N[C@H](CCC(=O)O)C(=O)O. The zero-order valence-corrected chi connectivity index (χ0v) is 17.6. The van der Waals surface area contributed by atoms with Gasteiger partial charge in [0.1, 0.15) is 18.1 Å². The maximum absolute atomic E-state index is 10.2. The maximum atomic E-state index is 10.2. The normalized spacial score (nSPS) is 12.5. The monoisotopic (exact) mass is 452 g/mol. The van der Waals surface area contributed by atoms with Gasteiger partial charge in [0.25, 0.3) is 0 Å². The lowest BCUT2D eigenvalue weighted by atomic mass is 10.1. The van der Waals surface area contributed by atoms with Gasteiger partial charge in [-0.05, 0) is 25.7 Å². The molecule has 0 radical (unpaired) electrons. The van der Waals surface area contributed by atoms with Crippen LogP contribution in [-0.2, 0) is 19.2 Å². The molecule has 0 aliphatic carbocycles. The fourth-order valence-electron chi connectivity index (χ4n) is 1.59. The lowest BCUT2D eigenvalue weighted by Crippen LogP contribution is -2.30. The van der Waals surface area contributed by atoms with Gasteiger partial charge in [0, 0.05) is 13.0 Å². The Morgan fingerprint density at radius 1 is 0.742 bits per heavy atom. The summed E-state index contributed by atoms with van der Waals surface area (Å²) in [6.07, 6.45) is 3.22. The third-order valence-corrected chi connectivity index (χ3v) is 3.46. The van der Waals surface area contributed by atoms with E-state index < -0.39 is 42.0 Å². The highest BCUT2D eigenvalue weighted by atomic mass is 16.4. The van der Waals surface area contributed by atoms with E-state index in [1.54, 1.807) is 0 Å². The van der Waals surface area contributed by atoms with E-state index in [0.717, 1.165) is 12.8 Å². The quantitative estimate of drug-likeness (QED) is 0.0856. The molecule has 0 aromatic rings.